The largest absolute Gasteiger partial charge is 0.462 e. The van der Waals surface area contributed by atoms with Crippen molar-refractivity contribution in [2.24, 2.45) is 0 Å². The second kappa shape index (κ2) is 42.8. The number of nitrogens with zero attached hydrogens (tertiary/aromatic N) is 1. The molecule has 340 valence electrons. The molecular weight excluding hydrogens is 755 g/mol. The van der Waals surface area contributed by atoms with E-state index in [1.165, 1.54) is 103 Å². The van der Waals surface area contributed by atoms with Crippen LogP contribution in [0.3, 0.4) is 0 Å². The Labute approximate surface area is 358 Å². The van der Waals surface area contributed by atoms with Crippen LogP contribution in [0.25, 0.3) is 0 Å². The Kier molecular flexibility index (Phi) is 41.0. The van der Waals surface area contributed by atoms with E-state index in [2.05, 4.69) is 24.5 Å². The number of unbranched alkanes of at least 4 members (excludes halogenated alkanes) is 20. The summed E-state index contributed by atoms with van der Waals surface area (Å²) < 4.78 is 17.0. The molecule has 0 spiro atoms. The van der Waals surface area contributed by atoms with Gasteiger partial charge in [0.2, 0.25) is 17.7 Å². The van der Waals surface area contributed by atoms with Gasteiger partial charge in [-0.15, -0.1) is 0 Å². The number of ether oxygens (including phenoxy) is 3. The van der Waals surface area contributed by atoms with Crippen molar-refractivity contribution in [1.82, 2.24) is 15.5 Å². The summed E-state index contributed by atoms with van der Waals surface area (Å²) in [5.74, 6) is 0.658. The van der Waals surface area contributed by atoms with Gasteiger partial charge in [-0.2, -0.15) is 11.8 Å². The second-order valence-corrected chi connectivity index (χ2v) is 16.8. The Morgan fingerprint density at radius 3 is 1.53 bits per heavy atom. The second-order valence-electron chi connectivity index (χ2n) is 15.6. The van der Waals surface area contributed by atoms with Gasteiger partial charge in [-0.3, -0.25) is 24.0 Å². The molecule has 0 aliphatic heterocycles. The quantitative estimate of drug-likeness (QED) is 0.0454. The molecular formula is C46H87N3O8S. The van der Waals surface area contributed by atoms with Crippen LogP contribution in [-0.2, 0) is 38.2 Å². The van der Waals surface area contributed by atoms with Crippen LogP contribution in [-0.4, -0.2) is 98.2 Å². The first-order valence-corrected chi connectivity index (χ1v) is 24.7. The molecule has 0 bridgehead atoms. The maximum atomic E-state index is 12.7. The first-order valence-electron chi connectivity index (χ1n) is 23.6. The summed E-state index contributed by atoms with van der Waals surface area (Å²) in [6.45, 7) is 10.2. The minimum atomic E-state index is -0.698. The number of esters is 2. The minimum absolute atomic E-state index is 0.0336. The standard InChI is InChI=1S/C46H87N3O8S/c1-5-9-11-13-15-17-19-21-23-25-27-29-45(53)56-40-41(57-46(54)30-28-26-24-22-20-18-16-14-12-10-6-2)39-55-36-33-48-43(51)31-37-58-38-35-49(44(52)8-4)34-32-47-42(50)7-3/h41H,5-40H2,1-4H3,(H,47,50)(H,48,51). The average molecular weight is 842 g/mol. The number of thioether (sulfide) groups is 1. The predicted octanol–water partition coefficient (Wildman–Crippen LogP) is 9.86. The highest BCUT2D eigenvalue weighted by Crippen LogP contribution is 2.14. The van der Waals surface area contributed by atoms with E-state index in [-0.39, 0.29) is 49.5 Å². The molecule has 2 N–H and O–H groups in total. The van der Waals surface area contributed by atoms with Gasteiger partial charge in [-0.25, -0.2) is 0 Å². The summed E-state index contributed by atoms with van der Waals surface area (Å²) in [4.78, 5) is 63.2. The third-order valence-electron chi connectivity index (χ3n) is 10.2. The maximum absolute atomic E-state index is 12.7. The molecule has 58 heavy (non-hydrogen) atoms. The summed E-state index contributed by atoms with van der Waals surface area (Å²) in [6.07, 6.45) is 27.7. The van der Waals surface area contributed by atoms with Gasteiger partial charge < -0.3 is 29.7 Å². The molecule has 0 heterocycles. The van der Waals surface area contributed by atoms with Crippen LogP contribution in [0.2, 0.25) is 0 Å². The normalized spacial score (nSPS) is 11.6. The van der Waals surface area contributed by atoms with Crippen molar-refractivity contribution in [2.75, 3.05) is 57.5 Å². The first kappa shape index (κ1) is 55.7. The van der Waals surface area contributed by atoms with Crippen molar-refractivity contribution in [1.29, 1.82) is 0 Å². The molecule has 1 atom stereocenters. The van der Waals surface area contributed by atoms with Gasteiger partial charge in [0.1, 0.15) is 6.61 Å². The molecule has 0 aromatic carbocycles. The highest BCUT2D eigenvalue weighted by Gasteiger charge is 2.18. The Morgan fingerprint density at radius 2 is 1.02 bits per heavy atom. The van der Waals surface area contributed by atoms with Gasteiger partial charge in [0, 0.05) is 69.8 Å². The van der Waals surface area contributed by atoms with Crippen LogP contribution in [0.1, 0.15) is 201 Å². The van der Waals surface area contributed by atoms with Gasteiger partial charge in [0.05, 0.1) is 13.2 Å². The number of carbonyl (C=O) groups is 5. The van der Waals surface area contributed by atoms with E-state index in [4.69, 9.17) is 14.2 Å². The maximum Gasteiger partial charge on any atom is 0.306 e. The molecule has 0 aliphatic rings. The fourth-order valence-electron chi connectivity index (χ4n) is 6.53. The van der Waals surface area contributed by atoms with Crippen molar-refractivity contribution < 1.29 is 38.2 Å². The van der Waals surface area contributed by atoms with E-state index in [0.717, 1.165) is 38.5 Å². The smallest absolute Gasteiger partial charge is 0.306 e. The lowest BCUT2D eigenvalue weighted by Crippen LogP contribution is -2.39. The molecule has 1 unspecified atom stereocenters. The summed E-state index contributed by atoms with van der Waals surface area (Å²) in [6, 6.07) is 0. The molecule has 0 rings (SSSR count). The molecule has 0 radical (unpaired) electrons. The summed E-state index contributed by atoms with van der Waals surface area (Å²) in [5, 5.41) is 5.67. The number of nitrogens with one attached hydrogen (secondary N) is 2. The molecule has 0 saturated carbocycles. The third kappa shape index (κ3) is 37.9. The third-order valence-corrected chi connectivity index (χ3v) is 11.2. The van der Waals surface area contributed by atoms with Crippen molar-refractivity contribution in [2.45, 2.75) is 207 Å². The van der Waals surface area contributed by atoms with Crippen molar-refractivity contribution in [3.8, 4) is 0 Å². The minimum Gasteiger partial charge on any atom is -0.462 e. The zero-order valence-electron chi connectivity index (χ0n) is 37.7. The van der Waals surface area contributed by atoms with E-state index in [1.54, 1.807) is 23.6 Å². The number of hydrogen-bond acceptors (Lipinski definition) is 9. The van der Waals surface area contributed by atoms with Gasteiger partial charge in [-0.1, -0.05) is 156 Å². The fraction of sp³-hybridized carbons (Fsp3) is 0.891. The van der Waals surface area contributed by atoms with Crippen molar-refractivity contribution in [3.05, 3.63) is 0 Å². The zero-order valence-corrected chi connectivity index (χ0v) is 38.5. The van der Waals surface area contributed by atoms with Crippen molar-refractivity contribution in [3.63, 3.8) is 0 Å². The monoisotopic (exact) mass is 842 g/mol. The Balaban J connectivity index is 4.49. The Morgan fingerprint density at radius 1 is 0.517 bits per heavy atom. The molecule has 0 aromatic heterocycles. The average Bonchev–Trinajstić information content (AvgIpc) is 3.22. The number of hydrogen-bond donors (Lipinski definition) is 2. The molecule has 0 aliphatic carbocycles. The van der Waals surface area contributed by atoms with Gasteiger partial charge >= 0.3 is 11.9 Å². The van der Waals surface area contributed by atoms with Crippen LogP contribution in [0.4, 0.5) is 0 Å². The Bertz CT molecular complexity index is 1020. The van der Waals surface area contributed by atoms with Gasteiger partial charge in [-0.05, 0) is 12.8 Å². The molecule has 11 nitrogen and oxygen atoms in total. The van der Waals surface area contributed by atoms with Gasteiger partial charge in [0.25, 0.3) is 0 Å². The van der Waals surface area contributed by atoms with Crippen LogP contribution >= 0.6 is 11.8 Å². The Hall–Kier alpha value is -2.34. The van der Waals surface area contributed by atoms with E-state index >= 15 is 0 Å². The zero-order chi connectivity index (χ0) is 42.7. The fourth-order valence-corrected chi connectivity index (χ4v) is 7.42. The lowest BCUT2D eigenvalue weighted by molar-refractivity contribution is -0.162. The SMILES string of the molecule is CCCCCCCCCCCCCC(=O)OCC(COCCNC(=O)CCSCCN(CCNC(=O)CC)C(=O)CC)OC(=O)CCCCCCCCCCCCC. The van der Waals surface area contributed by atoms with E-state index in [0.29, 0.717) is 69.8 Å². The highest BCUT2D eigenvalue weighted by molar-refractivity contribution is 7.99. The van der Waals surface area contributed by atoms with Gasteiger partial charge in [0.15, 0.2) is 6.10 Å². The highest BCUT2D eigenvalue weighted by atomic mass is 32.2. The summed E-state index contributed by atoms with van der Waals surface area (Å²) >= 11 is 1.61. The van der Waals surface area contributed by atoms with Crippen LogP contribution in [0, 0.1) is 0 Å². The molecule has 0 aromatic rings. The lowest BCUT2D eigenvalue weighted by atomic mass is 10.1. The molecule has 0 fully saturated rings. The predicted molar refractivity (Wildman–Crippen MR) is 239 cm³/mol. The topological polar surface area (TPSA) is 140 Å². The molecule has 0 saturated heterocycles. The van der Waals surface area contributed by atoms with Crippen molar-refractivity contribution >= 4 is 41.4 Å². The number of amides is 3. The molecule has 3 amide bonds. The van der Waals surface area contributed by atoms with E-state index in [9.17, 15) is 24.0 Å². The van der Waals surface area contributed by atoms with E-state index < -0.39 is 6.10 Å². The lowest BCUT2D eigenvalue weighted by Gasteiger charge is -2.22. The first-order chi connectivity index (χ1) is 28.3. The molecule has 12 heteroatoms. The summed E-state index contributed by atoms with van der Waals surface area (Å²) in [7, 11) is 0. The number of carbonyl (C=O) groups excluding carboxylic acids is 5. The van der Waals surface area contributed by atoms with Crippen LogP contribution < -0.4 is 10.6 Å². The van der Waals surface area contributed by atoms with Crippen LogP contribution in [0.5, 0.6) is 0 Å². The number of rotatable bonds is 43. The summed E-state index contributed by atoms with van der Waals surface area (Å²) in [5.41, 5.74) is 0. The van der Waals surface area contributed by atoms with E-state index in [1.807, 2.05) is 6.92 Å². The van der Waals surface area contributed by atoms with Crippen LogP contribution in [0.15, 0.2) is 0 Å².